The minimum absolute atomic E-state index is 0.0809. The van der Waals surface area contributed by atoms with Gasteiger partial charge in [-0.1, -0.05) is 31.2 Å². The monoisotopic (exact) mass is 324 g/mol. The van der Waals surface area contributed by atoms with Crippen LogP contribution in [0, 0.1) is 18.3 Å². The van der Waals surface area contributed by atoms with Gasteiger partial charge in [0.1, 0.15) is 11.5 Å². The maximum Gasteiger partial charge on any atom is 0.303 e. The van der Waals surface area contributed by atoms with Gasteiger partial charge >= 0.3 is 5.97 Å². The zero-order valence-electron chi connectivity index (χ0n) is 13.4. The average Bonchev–Trinajstić information content (AvgIpc) is 2.54. The number of aliphatic carboxylic acids is 1. The van der Waals surface area contributed by atoms with Gasteiger partial charge in [-0.05, 0) is 41.3 Å². The molecule has 0 saturated carbocycles. The molecule has 0 fully saturated rings. The van der Waals surface area contributed by atoms with Gasteiger partial charge in [-0.15, -0.1) is 12.3 Å². The Hall–Kier alpha value is -2.93. The second-order valence-corrected chi connectivity index (χ2v) is 6.00. The zero-order valence-corrected chi connectivity index (χ0v) is 13.4. The molecular weight excluding hydrogens is 304 g/mol. The van der Waals surface area contributed by atoms with E-state index in [1.807, 2.05) is 6.92 Å². The molecule has 0 bridgehead atoms. The van der Waals surface area contributed by atoms with E-state index >= 15 is 0 Å². The number of phenolic OH excluding ortho intramolecular Hbond substituents is 2. The number of terminal acetylenes is 1. The number of phenols is 2. The predicted molar refractivity (Wildman–Crippen MR) is 91.9 cm³/mol. The topological polar surface area (TPSA) is 77.8 Å². The highest BCUT2D eigenvalue weighted by Crippen LogP contribution is 2.43. The zero-order chi connectivity index (χ0) is 17.7. The van der Waals surface area contributed by atoms with Gasteiger partial charge in [0.15, 0.2) is 0 Å². The van der Waals surface area contributed by atoms with Gasteiger partial charge in [0.2, 0.25) is 0 Å². The first-order chi connectivity index (χ1) is 11.4. The van der Waals surface area contributed by atoms with Gasteiger partial charge in [0.05, 0.1) is 6.42 Å². The second kappa shape index (κ2) is 7.10. The molecule has 2 aromatic carbocycles. The van der Waals surface area contributed by atoms with Crippen molar-refractivity contribution in [2.24, 2.45) is 5.92 Å². The van der Waals surface area contributed by atoms with Crippen LogP contribution in [0.15, 0.2) is 48.5 Å². The maximum absolute atomic E-state index is 11.4. The van der Waals surface area contributed by atoms with Gasteiger partial charge < -0.3 is 15.3 Å². The first kappa shape index (κ1) is 17.4. The van der Waals surface area contributed by atoms with Gasteiger partial charge in [0, 0.05) is 11.8 Å². The van der Waals surface area contributed by atoms with Crippen LogP contribution in [0.4, 0.5) is 0 Å². The summed E-state index contributed by atoms with van der Waals surface area (Å²) in [5, 5.41) is 28.4. The molecule has 0 amide bonds. The molecule has 4 heteroatoms. The lowest BCUT2D eigenvalue weighted by atomic mass is 9.65. The molecule has 0 saturated heterocycles. The Balaban J connectivity index is 2.62. The minimum atomic E-state index is -0.918. The van der Waals surface area contributed by atoms with E-state index in [9.17, 15) is 20.1 Å². The Kier molecular flexibility index (Phi) is 5.15. The van der Waals surface area contributed by atoms with Crippen LogP contribution >= 0.6 is 0 Å². The van der Waals surface area contributed by atoms with E-state index in [2.05, 4.69) is 5.92 Å². The van der Waals surface area contributed by atoms with Crippen LogP contribution in [0.3, 0.4) is 0 Å². The number of carbonyl (C=O) groups is 1. The molecular formula is C20H20O4. The number of aromatic hydroxyl groups is 2. The molecule has 0 spiro atoms. The van der Waals surface area contributed by atoms with E-state index < -0.39 is 11.4 Å². The first-order valence-corrected chi connectivity index (χ1v) is 7.62. The predicted octanol–water partition coefficient (Wildman–Crippen LogP) is 3.52. The lowest BCUT2D eigenvalue weighted by Gasteiger charge is -2.38. The van der Waals surface area contributed by atoms with Crippen molar-refractivity contribution >= 4 is 5.97 Å². The average molecular weight is 324 g/mol. The number of hydrogen-bond donors (Lipinski definition) is 3. The van der Waals surface area contributed by atoms with Crippen molar-refractivity contribution in [3.63, 3.8) is 0 Å². The van der Waals surface area contributed by atoms with Crippen LogP contribution in [0.2, 0.25) is 0 Å². The third kappa shape index (κ3) is 3.52. The quantitative estimate of drug-likeness (QED) is 0.711. The largest absolute Gasteiger partial charge is 0.508 e. The molecule has 1 atom stereocenters. The van der Waals surface area contributed by atoms with E-state index in [-0.39, 0.29) is 23.8 Å². The molecule has 3 N–H and O–H groups in total. The van der Waals surface area contributed by atoms with E-state index in [0.717, 1.165) is 11.1 Å². The van der Waals surface area contributed by atoms with Crippen LogP contribution in [0.5, 0.6) is 11.5 Å². The summed E-state index contributed by atoms with van der Waals surface area (Å²) in [4.78, 5) is 11.4. The van der Waals surface area contributed by atoms with Crippen LogP contribution in [-0.2, 0) is 10.2 Å². The van der Waals surface area contributed by atoms with E-state index in [1.165, 1.54) is 0 Å². The summed E-state index contributed by atoms with van der Waals surface area (Å²) < 4.78 is 0. The Morgan fingerprint density at radius 3 is 1.79 bits per heavy atom. The fourth-order valence-electron chi connectivity index (χ4n) is 3.09. The minimum Gasteiger partial charge on any atom is -0.508 e. The van der Waals surface area contributed by atoms with Crippen molar-refractivity contribution in [3.05, 3.63) is 59.7 Å². The highest BCUT2D eigenvalue weighted by atomic mass is 16.4. The van der Waals surface area contributed by atoms with Gasteiger partial charge in [-0.2, -0.15) is 0 Å². The van der Waals surface area contributed by atoms with E-state index in [0.29, 0.717) is 6.42 Å². The summed E-state index contributed by atoms with van der Waals surface area (Å²) in [5.41, 5.74) is 1.03. The van der Waals surface area contributed by atoms with Gasteiger partial charge in [-0.25, -0.2) is 0 Å². The van der Waals surface area contributed by atoms with Gasteiger partial charge in [0.25, 0.3) is 0 Å². The molecule has 1 unspecified atom stereocenters. The lowest BCUT2D eigenvalue weighted by Crippen LogP contribution is -2.35. The molecule has 0 aliphatic carbocycles. The van der Waals surface area contributed by atoms with Crippen molar-refractivity contribution < 1.29 is 20.1 Å². The summed E-state index contributed by atoms with van der Waals surface area (Å²) in [6, 6.07) is 13.4. The van der Waals surface area contributed by atoms with Crippen molar-refractivity contribution in [2.45, 2.75) is 25.2 Å². The SMILES string of the molecule is C#CCC(CC(=O)O)C(C)(c1ccc(O)cc1)c1ccc(O)cc1. The highest BCUT2D eigenvalue weighted by molar-refractivity contribution is 5.68. The summed E-state index contributed by atoms with van der Waals surface area (Å²) in [5.74, 6) is 1.60. The molecule has 2 aromatic rings. The maximum atomic E-state index is 11.4. The third-order valence-electron chi connectivity index (χ3n) is 4.54. The summed E-state index contributed by atoms with van der Waals surface area (Å²) in [6.07, 6.45) is 5.70. The molecule has 0 radical (unpaired) electrons. The molecule has 0 aliphatic rings. The van der Waals surface area contributed by atoms with Crippen molar-refractivity contribution in [3.8, 4) is 23.8 Å². The number of hydrogen-bond acceptors (Lipinski definition) is 3. The summed E-state index contributed by atoms with van der Waals surface area (Å²) >= 11 is 0. The van der Waals surface area contributed by atoms with E-state index in [4.69, 9.17) is 6.42 Å². The first-order valence-electron chi connectivity index (χ1n) is 7.62. The fraction of sp³-hybridized carbons (Fsp3) is 0.250. The highest BCUT2D eigenvalue weighted by Gasteiger charge is 2.38. The van der Waals surface area contributed by atoms with E-state index in [1.54, 1.807) is 48.5 Å². The summed E-state index contributed by atoms with van der Waals surface area (Å²) in [6.45, 7) is 1.94. The van der Waals surface area contributed by atoms with Crippen molar-refractivity contribution in [1.29, 1.82) is 0 Å². The standard InChI is InChI=1S/C20H20O4/c1-3-4-16(13-19(23)24)20(2,14-5-9-17(21)10-6-14)15-7-11-18(22)12-8-15/h1,5-12,16,21-22H,4,13H2,2H3,(H,23,24). The second-order valence-electron chi connectivity index (χ2n) is 6.00. The molecule has 0 heterocycles. The molecule has 2 rings (SSSR count). The van der Waals surface area contributed by atoms with Crippen LogP contribution in [0.1, 0.15) is 30.9 Å². The van der Waals surface area contributed by atoms with Crippen molar-refractivity contribution in [2.75, 3.05) is 0 Å². The smallest absolute Gasteiger partial charge is 0.303 e. The van der Waals surface area contributed by atoms with Crippen molar-refractivity contribution in [1.82, 2.24) is 0 Å². The Bertz CT molecular complexity index is 693. The number of carboxylic acids is 1. The van der Waals surface area contributed by atoms with Gasteiger partial charge in [-0.3, -0.25) is 4.79 Å². The fourth-order valence-corrected chi connectivity index (χ4v) is 3.09. The lowest BCUT2D eigenvalue weighted by molar-refractivity contribution is -0.138. The van der Waals surface area contributed by atoms with Crippen LogP contribution in [0.25, 0.3) is 0 Å². The summed E-state index contributed by atoms with van der Waals surface area (Å²) in [7, 11) is 0. The normalized spacial score (nSPS) is 12.3. The number of benzene rings is 2. The molecule has 24 heavy (non-hydrogen) atoms. The molecule has 0 aliphatic heterocycles. The molecule has 124 valence electrons. The number of rotatable bonds is 6. The Morgan fingerprint density at radius 2 is 1.46 bits per heavy atom. The molecule has 4 nitrogen and oxygen atoms in total. The number of carboxylic acid groups (broad SMARTS) is 1. The van der Waals surface area contributed by atoms with Crippen LogP contribution < -0.4 is 0 Å². The Labute approximate surface area is 141 Å². The third-order valence-corrected chi connectivity index (χ3v) is 4.54. The molecule has 0 aromatic heterocycles. The van der Waals surface area contributed by atoms with Crippen LogP contribution in [-0.4, -0.2) is 21.3 Å². The Morgan fingerprint density at radius 1 is 1.04 bits per heavy atom.